The quantitative estimate of drug-likeness (QED) is 0.322. The molecule has 0 amide bonds. The summed E-state index contributed by atoms with van der Waals surface area (Å²) in [5.41, 5.74) is -1.69. The van der Waals surface area contributed by atoms with Crippen molar-refractivity contribution in [2.45, 2.75) is 38.3 Å². The summed E-state index contributed by atoms with van der Waals surface area (Å²) in [6.45, 7) is 2.88. The summed E-state index contributed by atoms with van der Waals surface area (Å²) < 4.78 is 0. The standard InChI is InChI=1S/C23H24NO7.Y/c1-9-5-6-14(26)17-12(9)7-11-8-13-18(24(3)4)20(28)15(10(2)25)21(29)23(13,31)22(30)16(11)19(17)27;/h5,11,13,18,27,29-31H,7-8H2,1-4H3;/q-1;/t11-,13-,18-,23+;/m0./s1. The number of ketones is 3. The zero-order valence-corrected chi connectivity index (χ0v) is 21.1. The van der Waals surface area contributed by atoms with E-state index in [1.807, 2.05) is 0 Å². The second-order valence-corrected chi connectivity index (χ2v) is 8.83. The monoisotopic (exact) mass is 515 g/mol. The average molecular weight is 515 g/mol. The van der Waals surface area contributed by atoms with Crippen LogP contribution in [0.4, 0.5) is 0 Å². The van der Waals surface area contributed by atoms with Gasteiger partial charge in [-0.15, -0.1) is 11.6 Å². The second-order valence-electron chi connectivity index (χ2n) is 8.83. The number of aliphatic hydroxyl groups is 4. The van der Waals surface area contributed by atoms with Gasteiger partial charge in [-0.3, -0.25) is 14.5 Å². The Balaban J connectivity index is 0.00000289. The van der Waals surface area contributed by atoms with Gasteiger partial charge in [0, 0.05) is 44.2 Å². The van der Waals surface area contributed by atoms with Gasteiger partial charge >= 0.3 is 0 Å². The van der Waals surface area contributed by atoms with Crippen molar-refractivity contribution in [3.8, 4) is 0 Å². The number of hydrogen-bond acceptors (Lipinski definition) is 8. The zero-order chi connectivity index (χ0) is 23.0. The fourth-order valence-corrected chi connectivity index (χ4v) is 5.44. The van der Waals surface area contributed by atoms with Crippen LogP contribution >= 0.6 is 0 Å². The predicted molar refractivity (Wildman–Crippen MR) is 109 cm³/mol. The number of aliphatic hydroxyl groups excluding tert-OH is 3. The second kappa shape index (κ2) is 8.17. The van der Waals surface area contributed by atoms with E-state index in [1.54, 1.807) is 32.0 Å². The molecule has 0 fully saturated rings. The molecule has 4 aliphatic carbocycles. The summed E-state index contributed by atoms with van der Waals surface area (Å²) >= 11 is 0. The number of rotatable bonds is 2. The van der Waals surface area contributed by atoms with Crippen molar-refractivity contribution in [2.24, 2.45) is 11.8 Å². The molecule has 0 bridgehead atoms. The van der Waals surface area contributed by atoms with Crippen LogP contribution in [0.3, 0.4) is 0 Å². The van der Waals surface area contributed by atoms with E-state index >= 15 is 0 Å². The molecule has 4 aliphatic rings. The molecule has 0 spiro atoms. The summed E-state index contributed by atoms with van der Waals surface area (Å²) in [7, 11) is 3.23. The summed E-state index contributed by atoms with van der Waals surface area (Å²) in [5, 5.41) is 44.5. The topological polar surface area (TPSA) is 135 Å². The van der Waals surface area contributed by atoms with E-state index in [4.69, 9.17) is 0 Å². The van der Waals surface area contributed by atoms with Crippen molar-refractivity contribution in [1.29, 1.82) is 0 Å². The Bertz CT molecular complexity index is 1110. The van der Waals surface area contributed by atoms with E-state index in [0.717, 1.165) is 12.5 Å². The Morgan fingerprint density at radius 2 is 1.81 bits per heavy atom. The maximum Gasteiger partial charge on any atom is 0.187 e. The van der Waals surface area contributed by atoms with Crippen molar-refractivity contribution in [3.63, 3.8) is 0 Å². The SMILES string of the molecule is CC(=O)C1=C(O)[C@@]2(O)C(O)=C3C(O)=C4C(=O)[C-]=CC(C)=C4C[C@H]3C[C@H]2[C@H](N(C)C)C1=O.[Y]. The number of carbonyl (C=O) groups excluding carboxylic acids is 3. The molecule has 167 valence electrons. The van der Waals surface area contributed by atoms with Crippen LogP contribution in [0.15, 0.2) is 51.2 Å². The van der Waals surface area contributed by atoms with Crippen LogP contribution in [0.2, 0.25) is 0 Å². The zero-order valence-electron chi connectivity index (χ0n) is 18.3. The molecule has 0 saturated heterocycles. The normalized spacial score (nSPS) is 32.1. The van der Waals surface area contributed by atoms with Crippen LogP contribution in [-0.2, 0) is 47.1 Å². The number of nitrogens with zero attached hydrogens (tertiary/aromatic N) is 1. The first-order valence-corrected chi connectivity index (χ1v) is 10.0. The molecule has 0 aliphatic heterocycles. The molecule has 4 N–H and O–H groups in total. The van der Waals surface area contributed by atoms with Crippen LogP contribution in [0, 0.1) is 17.9 Å². The van der Waals surface area contributed by atoms with Gasteiger partial charge in [0.25, 0.3) is 0 Å². The molecule has 0 saturated carbocycles. The maximum atomic E-state index is 13.1. The van der Waals surface area contributed by atoms with E-state index < -0.39 is 63.7 Å². The van der Waals surface area contributed by atoms with Crippen molar-refractivity contribution in [2.75, 3.05) is 14.1 Å². The van der Waals surface area contributed by atoms with Crippen LogP contribution in [0.25, 0.3) is 0 Å². The number of Topliss-reactive ketones (excluding diaryl/α,β-unsaturated/α-hetero) is 3. The molecular weight excluding hydrogens is 491 g/mol. The summed E-state index contributed by atoms with van der Waals surface area (Å²) in [6.07, 6.45) is 4.52. The van der Waals surface area contributed by atoms with E-state index in [-0.39, 0.29) is 50.3 Å². The van der Waals surface area contributed by atoms with E-state index in [0.29, 0.717) is 12.0 Å². The fourth-order valence-electron chi connectivity index (χ4n) is 5.44. The first-order valence-electron chi connectivity index (χ1n) is 10.0. The summed E-state index contributed by atoms with van der Waals surface area (Å²) in [6, 6.07) is -0.979. The van der Waals surface area contributed by atoms with Gasteiger partial charge in [0.2, 0.25) is 0 Å². The van der Waals surface area contributed by atoms with Crippen LogP contribution < -0.4 is 0 Å². The molecule has 1 radical (unpaired) electrons. The Morgan fingerprint density at radius 3 is 2.38 bits per heavy atom. The fraction of sp³-hybridized carbons (Fsp3) is 0.435. The van der Waals surface area contributed by atoms with Crippen molar-refractivity contribution < 1.29 is 67.5 Å². The average Bonchev–Trinajstić information content (AvgIpc) is 2.67. The van der Waals surface area contributed by atoms with Gasteiger partial charge in [0.05, 0.1) is 17.6 Å². The minimum atomic E-state index is -2.45. The molecule has 32 heavy (non-hydrogen) atoms. The van der Waals surface area contributed by atoms with Crippen LogP contribution in [0.1, 0.15) is 26.7 Å². The Labute approximate surface area is 210 Å². The molecule has 4 atom stereocenters. The van der Waals surface area contributed by atoms with Gasteiger partial charge < -0.3 is 25.2 Å². The number of allylic oxidation sites excluding steroid dienone is 6. The first-order chi connectivity index (χ1) is 14.4. The third kappa shape index (κ3) is 3.15. The van der Waals surface area contributed by atoms with Crippen molar-refractivity contribution in [3.05, 3.63) is 57.3 Å². The Kier molecular flexibility index (Phi) is 6.32. The molecule has 0 heterocycles. The predicted octanol–water partition coefficient (Wildman–Crippen LogP) is 1.55. The molecule has 0 unspecified atom stereocenters. The smallest absolute Gasteiger partial charge is 0.187 e. The summed E-state index contributed by atoms with van der Waals surface area (Å²) in [5.74, 6) is -5.52. The Hall–Kier alpha value is -1.87. The van der Waals surface area contributed by atoms with Crippen LogP contribution in [-0.4, -0.2) is 68.4 Å². The van der Waals surface area contributed by atoms with Gasteiger partial charge in [-0.05, 0) is 45.4 Å². The molecule has 0 aromatic heterocycles. The Morgan fingerprint density at radius 1 is 1.19 bits per heavy atom. The van der Waals surface area contributed by atoms with Crippen molar-refractivity contribution in [1.82, 2.24) is 4.90 Å². The molecule has 0 aromatic carbocycles. The van der Waals surface area contributed by atoms with Gasteiger partial charge in [-0.25, -0.2) is 0 Å². The maximum absolute atomic E-state index is 13.1. The molecular formula is C23H24NO7Y-. The van der Waals surface area contributed by atoms with E-state index in [2.05, 4.69) is 6.08 Å². The van der Waals surface area contributed by atoms with Gasteiger partial charge in [0.1, 0.15) is 17.1 Å². The van der Waals surface area contributed by atoms with Gasteiger partial charge in [-0.2, -0.15) is 11.6 Å². The minimum Gasteiger partial charge on any atom is -0.520 e. The summed E-state index contributed by atoms with van der Waals surface area (Å²) in [4.78, 5) is 39.1. The van der Waals surface area contributed by atoms with Gasteiger partial charge in [-0.1, -0.05) is 6.92 Å². The molecule has 0 aromatic rings. The molecule has 4 rings (SSSR count). The van der Waals surface area contributed by atoms with Gasteiger partial charge in [0.15, 0.2) is 17.2 Å². The van der Waals surface area contributed by atoms with Crippen LogP contribution in [0.5, 0.6) is 0 Å². The third-order valence-electron chi connectivity index (χ3n) is 6.87. The number of fused-ring (bicyclic) bond motifs is 3. The minimum absolute atomic E-state index is 0. The van der Waals surface area contributed by atoms with E-state index in [1.165, 1.54) is 0 Å². The first kappa shape index (κ1) is 24.8. The van der Waals surface area contributed by atoms with Crippen molar-refractivity contribution >= 4 is 17.3 Å². The molecule has 8 nitrogen and oxygen atoms in total. The number of hydrogen-bond donors (Lipinski definition) is 4. The van der Waals surface area contributed by atoms with E-state index in [9.17, 15) is 34.8 Å². The third-order valence-corrected chi connectivity index (χ3v) is 6.87. The number of likely N-dealkylation sites (N-methyl/N-ethyl adjacent to an activating group) is 1. The largest absolute Gasteiger partial charge is 0.520 e. The number of carbonyl (C=O) groups is 3. The molecule has 9 heteroatoms.